The molecule has 1 rings (SSSR count). The van der Waals surface area contributed by atoms with Crippen LogP contribution in [0.1, 0.15) is 19.4 Å². The van der Waals surface area contributed by atoms with Crippen molar-refractivity contribution in [2.75, 3.05) is 20.2 Å². The van der Waals surface area contributed by atoms with Crippen molar-refractivity contribution in [3.8, 4) is 17.6 Å². The van der Waals surface area contributed by atoms with Crippen LogP contribution >= 0.6 is 0 Å². The molecule has 0 fully saturated rings. The van der Waals surface area contributed by atoms with E-state index < -0.39 is 22.3 Å². The molecule has 8 nitrogen and oxygen atoms in total. The van der Waals surface area contributed by atoms with Crippen molar-refractivity contribution < 1.29 is 19.6 Å². The second-order valence-electron chi connectivity index (χ2n) is 4.50. The first-order valence-electron chi connectivity index (χ1n) is 6.85. The van der Waals surface area contributed by atoms with Crippen LogP contribution in [0.4, 0.5) is 5.69 Å². The zero-order valence-corrected chi connectivity index (χ0v) is 13.1. The highest BCUT2D eigenvalue weighted by atomic mass is 16.6. The number of benzene rings is 1. The molecule has 23 heavy (non-hydrogen) atoms. The molecule has 0 aliphatic heterocycles. The monoisotopic (exact) mass is 319 g/mol. The van der Waals surface area contributed by atoms with Crippen molar-refractivity contribution in [2.24, 2.45) is 0 Å². The Morgan fingerprint density at radius 3 is 2.52 bits per heavy atom. The summed E-state index contributed by atoms with van der Waals surface area (Å²) in [5.41, 5.74) is -0.467. The molecule has 8 heteroatoms. The lowest BCUT2D eigenvalue weighted by Crippen LogP contribution is -2.31. The molecule has 0 aromatic heterocycles. The summed E-state index contributed by atoms with van der Waals surface area (Å²) in [4.78, 5) is 23.9. The van der Waals surface area contributed by atoms with E-state index in [-0.39, 0.29) is 16.9 Å². The third-order valence-corrected chi connectivity index (χ3v) is 3.19. The number of hydrogen-bond acceptors (Lipinski definition) is 6. The van der Waals surface area contributed by atoms with Gasteiger partial charge >= 0.3 is 5.69 Å². The fourth-order valence-electron chi connectivity index (χ4n) is 2.04. The summed E-state index contributed by atoms with van der Waals surface area (Å²) in [6, 6.07) is 4.11. The van der Waals surface area contributed by atoms with E-state index in [9.17, 15) is 20.0 Å². The Morgan fingerprint density at radius 1 is 1.48 bits per heavy atom. The molecule has 0 saturated heterocycles. The van der Waals surface area contributed by atoms with E-state index in [0.29, 0.717) is 13.1 Å². The van der Waals surface area contributed by atoms with Gasteiger partial charge in [-0.1, -0.05) is 0 Å². The molecular formula is C15H17N3O5. The van der Waals surface area contributed by atoms with E-state index in [1.165, 1.54) is 24.2 Å². The molecule has 1 aromatic carbocycles. The number of nitrogens with zero attached hydrogens (tertiary/aromatic N) is 3. The van der Waals surface area contributed by atoms with Crippen LogP contribution in [-0.4, -0.2) is 41.0 Å². The van der Waals surface area contributed by atoms with Gasteiger partial charge < -0.3 is 14.7 Å². The summed E-state index contributed by atoms with van der Waals surface area (Å²) in [5, 5.41) is 30.0. The van der Waals surface area contributed by atoms with E-state index in [0.717, 1.165) is 6.07 Å². The Morgan fingerprint density at radius 2 is 2.09 bits per heavy atom. The minimum Gasteiger partial charge on any atom is -0.504 e. The van der Waals surface area contributed by atoms with Gasteiger partial charge in [0.2, 0.25) is 5.75 Å². The van der Waals surface area contributed by atoms with Crippen LogP contribution in [0.2, 0.25) is 0 Å². The lowest BCUT2D eigenvalue weighted by Gasteiger charge is -2.17. The molecule has 0 bridgehead atoms. The predicted octanol–water partition coefficient (Wildman–Crippen LogP) is 2.08. The second kappa shape index (κ2) is 7.79. The molecule has 0 aliphatic rings. The van der Waals surface area contributed by atoms with Crippen LogP contribution in [0.15, 0.2) is 17.7 Å². The van der Waals surface area contributed by atoms with Gasteiger partial charge in [-0.05, 0) is 31.6 Å². The van der Waals surface area contributed by atoms with Gasteiger partial charge in [0.05, 0.1) is 12.0 Å². The number of ether oxygens (including phenoxy) is 1. The first-order chi connectivity index (χ1) is 10.9. The first kappa shape index (κ1) is 18.0. The van der Waals surface area contributed by atoms with E-state index in [1.54, 1.807) is 19.9 Å². The number of amides is 1. The van der Waals surface area contributed by atoms with Gasteiger partial charge in [0.1, 0.15) is 11.6 Å². The third kappa shape index (κ3) is 3.97. The molecule has 0 spiro atoms. The molecule has 1 N–H and O–H groups in total. The molecule has 1 amide bonds. The molecule has 1 aromatic rings. The summed E-state index contributed by atoms with van der Waals surface area (Å²) in [6.45, 7) is 4.42. The summed E-state index contributed by atoms with van der Waals surface area (Å²) >= 11 is 0. The molecule has 122 valence electrons. The van der Waals surface area contributed by atoms with Crippen LogP contribution in [0.25, 0.3) is 6.08 Å². The number of methoxy groups -OCH3 is 1. The summed E-state index contributed by atoms with van der Waals surface area (Å²) < 4.78 is 4.79. The highest BCUT2D eigenvalue weighted by molar-refractivity contribution is 6.01. The minimum atomic E-state index is -0.714. The molecule has 0 aliphatic carbocycles. The maximum Gasteiger partial charge on any atom is 0.315 e. The summed E-state index contributed by atoms with van der Waals surface area (Å²) in [6.07, 6.45) is 1.20. The Hall–Kier alpha value is -3.08. The van der Waals surface area contributed by atoms with Crippen molar-refractivity contribution in [1.29, 1.82) is 5.26 Å². The van der Waals surface area contributed by atoms with E-state index in [4.69, 9.17) is 10.00 Å². The van der Waals surface area contributed by atoms with Crippen molar-refractivity contribution >= 4 is 17.7 Å². The van der Waals surface area contributed by atoms with Crippen LogP contribution in [0.3, 0.4) is 0 Å². The van der Waals surface area contributed by atoms with Crippen LogP contribution in [0.5, 0.6) is 11.5 Å². The molecule has 0 heterocycles. The minimum absolute atomic E-state index is 0.159. The number of aromatic hydroxyl groups is 1. The number of nitriles is 1. The number of hydrogen-bond donors (Lipinski definition) is 1. The lowest BCUT2D eigenvalue weighted by molar-refractivity contribution is -0.385. The zero-order chi connectivity index (χ0) is 17.6. The first-order valence-corrected chi connectivity index (χ1v) is 6.85. The second-order valence-corrected chi connectivity index (χ2v) is 4.50. The predicted molar refractivity (Wildman–Crippen MR) is 82.8 cm³/mol. The van der Waals surface area contributed by atoms with E-state index in [1.807, 2.05) is 0 Å². The van der Waals surface area contributed by atoms with Gasteiger partial charge in [-0.2, -0.15) is 5.26 Å². The Balaban J connectivity index is 3.38. The zero-order valence-electron chi connectivity index (χ0n) is 13.1. The van der Waals surface area contributed by atoms with Gasteiger partial charge in [0.15, 0.2) is 5.75 Å². The van der Waals surface area contributed by atoms with Gasteiger partial charge in [-0.15, -0.1) is 0 Å². The fraction of sp³-hybridized carbons (Fsp3) is 0.333. The van der Waals surface area contributed by atoms with Gasteiger partial charge in [0, 0.05) is 19.2 Å². The van der Waals surface area contributed by atoms with Crippen LogP contribution in [-0.2, 0) is 4.79 Å². The highest BCUT2D eigenvalue weighted by Gasteiger charge is 2.21. The van der Waals surface area contributed by atoms with Crippen molar-refractivity contribution in [1.82, 2.24) is 4.90 Å². The Kier molecular flexibility index (Phi) is 6.09. The van der Waals surface area contributed by atoms with E-state index in [2.05, 4.69) is 0 Å². The largest absolute Gasteiger partial charge is 0.504 e. The lowest BCUT2D eigenvalue weighted by atomic mass is 10.1. The number of rotatable bonds is 6. The fourth-order valence-corrected chi connectivity index (χ4v) is 2.04. The quantitative estimate of drug-likeness (QED) is 0.371. The number of nitro groups is 1. The van der Waals surface area contributed by atoms with Crippen LogP contribution < -0.4 is 4.74 Å². The number of likely N-dealkylation sites (N-methyl/N-ethyl adjacent to an activating group) is 1. The number of carbonyl (C=O) groups is 1. The smallest absolute Gasteiger partial charge is 0.315 e. The summed E-state index contributed by atoms with van der Waals surface area (Å²) in [7, 11) is 1.20. The molecule has 0 unspecified atom stereocenters. The maximum atomic E-state index is 12.2. The number of carbonyl (C=O) groups excluding carboxylic acids is 1. The molecule has 0 saturated carbocycles. The van der Waals surface area contributed by atoms with Gasteiger partial charge in [-0.3, -0.25) is 14.9 Å². The van der Waals surface area contributed by atoms with Crippen molar-refractivity contribution in [3.63, 3.8) is 0 Å². The maximum absolute atomic E-state index is 12.2. The van der Waals surface area contributed by atoms with E-state index >= 15 is 0 Å². The number of phenolic OH excluding ortho intramolecular Hbond substituents is 1. The average Bonchev–Trinajstić information content (AvgIpc) is 2.52. The normalized spacial score (nSPS) is 10.8. The van der Waals surface area contributed by atoms with Gasteiger partial charge in [0.25, 0.3) is 5.91 Å². The SMILES string of the molecule is CCN(CC)C(=O)/C(C#N)=C\c1cc(O)c(OC)c([N+](=O)[O-])c1. The molecule has 0 radical (unpaired) electrons. The highest BCUT2D eigenvalue weighted by Crippen LogP contribution is 2.37. The Bertz CT molecular complexity index is 687. The summed E-state index contributed by atoms with van der Waals surface area (Å²) in [5.74, 6) is -1.20. The molecule has 0 atom stereocenters. The number of nitro benzene ring substituents is 1. The standard InChI is InChI=1S/C15H17N3O5/c1-4-17(5-2)15(20)11(9-16)6-10-7-12(18(21)22)14(23-3)13(19)8-10/h6-8,19H,4-5H2,1-3H3/b11-6-. The van der Waals surface area contributed by atoms with Crippen molar-refractivity contribution in [2.45, 2.75) is 13.8 Å². The average molecular weight is 319 g/mol. The van der Waals surface area contributed by atoms with Crippen LogP contribution in [0, 0.1) is 21.4 Å². The number of phenols is 1. The third-order valence-electron chi connectivity index (χ3n) is 3.19. The van der Waals surface area contributed by atoms with Gasteiger partial charge in [-0.25, -0.2) is 0 Å². The Labute approximate surface area is 133 Å². The topological polar surface area (TPSA) is 117 Å². The molecular weight excluding hydrogens is 302 g/mol. The van der Waals surface area contributed by atoms with Crippen molar-refractivity contribution in [3.05, 3.63) is 33.4 Å².